The van der Waals surface area contributed by atoms with Gasteiger partial charge >= 0.3 is 0 Å². The van der Waals surface area contributed by atoms with Crippen LogP contribution < -0.4 is 5.73 Å². The Kier molecular flexibility index (Phi) is 3.11. The molecule has 0 aliphatic heterocycles. The fourth-order valence-electron chi connectivity index (χ4n) is 1.04. The summed E-state index contributed by atoms with van der Waals surface area (Å²) < 4.78 is 5.00. The molecule has 2 N–H and O–H groups in total. The molecule has 0 saturated carbocycles. The van der Waals surface area contributed by atoms with Gasteiger partial charge in [0.1, 0.15) is 0 Å². The van der Waals surface area contributed by atoms with E-state index in [-0.39, 0.29) is 17.2 Å². The fraction of sp³-hybridized carbons (Fsp3) is 0.545. The zero-order valence-electron chi connectivity index (χ0n) is 8.91. The van der Waals surface area contributed by atoms with Crippen LogP contribution in [0.3, 0.4) is 0 Å². The maximum absolute atomic E-state index is 11.6. The van der Waals surface area contributed by atoms with Gasteiger partial charge < -0.3 is 10.2 Å². The highest BCUT2D eigenvalue weighted by molar-refractivity contribution is 5.93. The van der Waals surface area contributed by atoms with Gasteiger partial charge in [0.05, 0.1) is 6.26 Å². The number of carbonyl (C=O) groups excluding carboxylic acids is 1. The lowest BCUT2D eigenvalue weighted by atomic mass is 9.84. The van der Waals surface area contributed by atoms with E-state index in [4.69, 9.17) is 10.2 Å². The number of hydrogen-bond donors (Lipinski definition) is 1. The molecule has 0 amide bonds. The van der Waals surface area contributed by atoms with Crippen LogP contribution >= 0.6 is 0 Å². The highest BCUT2D eigenvalue weighted by Crippen LogP contribution is 2.21. The molecule has 1 rings (SSSR count). The second-order valence-corrected chi connectivity index (χ2v) is 4.58. The van der Waals surface area contributed by atoms with Crippen LogP contribution in [0.2, 0.25) is 0 Å². The molecule has 0 fully saturated rings. The average Bonchev–Trinajstić information content (AvgIpc) is 2.53. The van der Waals surface area contributed by atoms with Gasteiger partial charge in [0.25, 0.3) is 0 Å². The van der Waals surface area contributed by atoms with E-state index in [1.165, 1.54) is 6.26 Å². The van der Waals surface area contributed by atoms with E-state index in [0.717, 1.165) is 0 Å². The van der Waals surface area contributed by atoms with Gasteiger partial charge in [-0.05, 0) is 17.5 Å². The molecule has 0 saturated heterocycles. The first-order valence-electron chi connectivity index (χ1n) is 4.73. The van der Waals surface area contributed by atoms with E-state index in [9.17, 15) is 4.79 Å². The predicted octanol–water partition coefficient (Wildman–Crippen LogP) is 2.23. The molecule has 1 atom stereocenters. The Labute approximate surface area is 84.3 Å². The summed E-state index contributed by atoms with van der Waals surface area (Å²) in [6, 6.07) is 3.23. The molecule has 1 unspecified atom stereocenters. The number of hydrogen-bond acceptors (Lipinski definition) is 3. The van der Waals surface area contributed by atoms with Crippen molar-refractivity contribution >= 4 is 5.78 Å². The van der Waals surface area contributed by atoms with Crippen LogP contribution in [0, 0.1) is 5.41 Å². The quantitative estimate of drug-likeness (QED) is 0.752. The molecule has 1 heterocycles. The van der Waals surface area contributed by atoms with Crippen molar-refractivity contribution in [3.05, 3.63) is 24.2 Å². The smallest absolute Gasteiger partial charge is 0.199 e. The minimum atomic E-state index is -0.139. The summed E-state index contributed by atoms with van der Waals surface area (Å²) in [5.41, 5.74) is 5.84. The van der Waals surface area contributed by atoms with Crippen LogP contribution in [0.4, 0.5) is 0 Å². The van der Waals surface area contributed by atoms with Crippen molar-refractivity contribution in [2.45, 2.75) is 33.2 Å². The molecule has 78 valence electrons. The van der Waals surface area contributed by atoms with Crippen LogP contribution in [-0.2, 0) is 0 Å². The van der Waals surface area contributed by atoms with Gasteiger partial charge in [-0.2, -0.15) is 0 Å². The minimum absolute atomic E-state index is 0.0302. The molecule has 0 spiro atoms. The van der Waals surface area contributed by atoms with Crippen molar-refractivity contribution in [3.63, 3.8) is 0 Å². The van der Waals surface area contributed by atoms with Crippen LogP contribution in [0.15, 0.2) is 22.8 Å². The first kappa shape index (κ1) is 11.0. The standard InChI is InChI=1S/C11H17NO2/c1-11(2,3)10(12)7-8(13)9-5-4-6-14-9/h4-6,10H,7,12H2,1-3H3. The Morgan fingerprint density at radius 3 is 2.64 bits per heavy atom. The van der Waals surface area contributed by atoms with E-state index in [2.05, 4.69) is 0 Å². The Balaban J connectivity index is 2.58. The third kappa shape index (κ3) is 2.70. The molecular weight excluding hydrogens is 178 g/mol. The summed E-state index contributed by atoms with van der Waals surface area (Å²) in [4.78, 5) is 11.6. The molecule has 0 aliphatic rings. The van der Waals surface area contributed by atoms with E-state index < -0.39 is 0 Å². The molecule has 3 heteroatoms. The Morgan fingerprint density at radius 1 is 1.57 bits per heavy atom. The van der Waals surface area contributed by atoms with Crippen LogP contribution in [0.1, 0.15) is 37.7 Å². The summed E-state index contributed by atoms with van der Waals surface area (Å²) in [5.74, 6) is 0.363. The van der Waals surface area contributed by atoms with E-state index >= 15 is 0 Å². The fourth-order valence-corrected chi connectivity index (χ4v) is 1.04. The van der Waals surface area contributed by atoms with Crippen molar-refractivity contribution in [1.29, 1.82) is 0 Å². The first-order chi connectivity index (χ1) is 6.41. The second-order valence-electron chi connectivity index (χ2n) is 4.58. The van der Waals surface area contributed by atoms with Crippen molar-refractivity contribution in [2.24, 2.45) is 11.1 Å². The van der Waals surface area contributed by atoms with Crippen molar-refractivity contribution in [1.82, 2.24) is 0 Å². The highest BCUT2D eigenvalue weighted by Gasteiger charge is 2.24. The number of rotatable bonds is 3. The molecule has 0 aliphatic carbocycles. The summed E-state index contributed by atoms with van der Waals surface area (Å²) in [7, 11) is 0. The lowest BCUT2D eigenvalue weighted by molar-refractivity contribution is 0.0926. The lowest BCUT2D eigenvalue weighted by Gasteiger charge is -2.25. The van der Waals surface area contributed by atoms with Gasteiger partial charge in [0.2, 0.25) is 0 Å². The molecule has 0 radical (unpaired) electrons. The number of Topliss-reactive ketones (excluding diaryl/α,β-unsaturated/α-hetero) is 1. The third-order valence-electron chi connectivity index (χ3n) is 2.31. The Hall–Kier alpha value is -1.09. The van der Waals surface area contributed by atoms with Crippen LogP contribution in [0.25, 0.3) is 0 Å². The SMILES string of the molecule is CC(C)(C)C(N)CC(=O)c1ccco1. The molecule has 3 nitrogen and oxygen atoms in total. The third-order valence-corrected chi connectivity index (χ3v) is 2.31. The lowest BCUT2D eigenvalue weighted by Crippen LogP contribution is -2.36. The normalized spacial score (nSPS) is 14.0. The summed E-state index contributed by atoms with van der Waals surface area (Å²) in [5, 5.41) is 0. The van der Waals surface area contributed by atoms with E-state index in [0.29, 0.717) is 12.2 Å². The number of carbonyl (C=O) groups is 1. The molecule has 0 bridgehead atoms. The second kappa shape index (κ2) is 3.96. The van der Waals surface area contributed by atoms with Crippen molar-refractivity contribution in [2.75, 3.05) is 0 Å². The van der Waals surface area contributed by atoms with Crippen LogP contribution in [-0.4, -0.2) is 11.8 Å². The largest absolute Gasteiger partial charge is 0.461 e. The van der Waals surface area contributed by atoms with E-state index in [1.54, 1.807) is 12.1 Å². The first-order valence-corrected chi connectivity index (χ1v) is 4.73. The number of ketones is 1. The van der Waals surface area contributed by atoms with Gasteiger partial charge in [-0.15, -0.1) is 0 Å². The number of furan rings is 1. The topological polar surface area (TPSA) is 56.2 Å². The van der Waals surface area contributed by atoms with Crippen molar-refractivity contribution in [3.8, 4) is 0 Å². The molecule has 0 aromatic carbocycles. The molecule has 1 aromatic rings. The van der Waals surface area contributed by atoms with Gasteiger partial charge in [-0.3, -0.25) is 4.79 Å². The number of nitrogens with two attached hydrogens (primary N) is 1. The van der Waals surface area contributed by atoms with Crippen molar-refractivity contribution < 1.29 is 9.21 Å². The van der Waals surface area contributed by atoms with Gasteiger partial charge in [-0.1, -0.05) is 20.8 Å². The maximum Gasteiger partial charge on any atom is 0.199 e. The molecule has 14 heavy (non-hydrogen) atoms. The zero-order chi connectivity index (χ0) is 10.8. The zero-order valence-corrected chi connectivity index (χ0v) is 8.91. The highest BCUT2D eigenvalue weighted by atomic mass is 16.3. The summed E-state index contributed by atoms with van der Waals surface area (Å²) in [6.07, 6.45) is 1.83. The van der Waals surface area contributed by atoms with E-state index in [1.807, 2.05) is 20.8 Å². The van der Waals surface area contributed by atoms with Gasteiger partial charge in [0, 0.05) is 12.5 Å². The van der Waals surface area contributed by atoms with Gasteiger partial charge in [0.15, 0.2) is 11.5 Å². The van der Waals surface area contributed by atoms with Crippen LogP contribution in [0.5, 0.6) is 0 Å². The Morgan fingerprint density at radius 2 is 2.21 bits per heavy atom. The molecular formula is C11H17NO2. The predicted molar refractivity (Wildman–Crippen MR) is 55.1 cm³/mol. The summed E-state index contributed by atoms with van der Waals surface area (Å²) in [6.45, 7) is 6.06. The van der Waals surface area contributed by atoms with Gasteiger partial charge in [-0.25, -0.2) is 0 Å². The summed E-state index contributed by atoms with van der Waals surface area (Å²) >= 11 is 0. The minimum Gasteiger partial charge on any atom is -0.461 e. The average molecular weight is 195 g/mol. The molecule has 1 aromatic heterocycles. The maximum atomic E-state index is 11.6. The Bertz CT molecular complexity index is 296. The monoisotopic (exact) mass is 195 g/mol.